The van der Waals surface area contributed by atoms with Crippen molar-refractivity contribution in [3.63, 3.8) is 0 Å². The number of hydrogen-bond acceptors (Lipinski definition) is 6. The van der Waals surface area contributed by atoms with E-state index < -0.39 is 21.6 Å². The van der Waals surface area contributed by atoms with E-state index in [-0.39, 0.29) is 29.0 Å². The molecule has 1 aromatic carbocycles. The predicted molar refractivity (Wildman–Crippen MR) is 121 cm³/mol. The molecule has 3 rings (SSSR count). The van der Waals surface area contributed by atoms with Crippen LogP contribution >= 0.6 is 11.8 Å². The number of rotatable bonds is 9. The molecule has 9 heteroatoms. The molecule has 1 fully saturated rings. The smallest absolute Gasteiger partial charge is 0.224 e. The highest BCUT2D eigenvalue weighted by Gasteiger charge is 2.34. The first kappa shape index (κ1) is 24.2. The fourth-order valence-electron chi connectivity index (χ4n) is 3.99. The predicted octanol–water partition coefficient (Wildman–Crippen LogP) is 3.78. The van der Waals surface area contributed by atoms with Crippen molar-refractivity contribution in [3.8, 4) is 6.07 Å². The lowest BCUT2D eigenvalue weighted by Gasteiger charge is -2.30. The van der Waals surface area contributed by atoms with Crippen LogP contribution < -0.4 is 5.32 Å². The molecule has 170 valence electrons. The number of nitriles is 1. The molecule has 2 atom stereocenters. The van der Waals surface area contributed by atoms with Gasteiger partial charge in [-0.3, -0.25) is 9.78 Å². The zero-order chi connectivity index (χ0) is 23.0. The molecule has 0 aliphatic heterocycles. The maximum Gasteiger partial charge on any atom is 0.224 e. The number of hydrogen-bond donors (Lipinski definition) is 1. The Labute approximate surface area is 192 Å². The highest BCUT2D eigenvalue weighted by atomic mass is 32.2. The number of halogens is 1. The fourth-order valence-corrected chi connectivity index (χ4v) is 6.60. The minimum atomic E-state index is -3.75. The van der Waals surface area contributed by atoms with E-state index in [0.717, 1.165) is 24.6 Å². The van der Waals surface area contributed by atoms with Crippen LogP contribution in [0.15, 0.2) is 52.4 Å². The number of carbonyl (C=O) groups excluding carboxylic acids is 1. The summed E-state index contributed by atoms with van der Waals surface area (Å²) >= 11 is 1.32. The summed E-state index contributed by atoms with van der Waals surface area (Å²) in [5.74, 6) is -1.22. The summed E-state index contributed by atoms with van der Waals surface area (Å²) in [6, 6.07) is 11.5. The molecular formula is C23H26FN3O3S2. The van der Waals surface area contributed by atoms with E-state index in [2.05, 4.69) is 10.3 Å². The van der Waals surface area contributed by atoms with Gasteiger partial charge < -0.3 is 5.32 Å². The molecule has 0 bridgehead atoms. The van der Waals surface area contributed by atoms with Crippen molar-refractivity contribution in [2.45, 2.75) is 41.9 Å². The van der Waals surface area contributed by atoms with E-state index in [1.165, 1.54) is 23.9 Å². The van der Waals surface area contributed by atoms with Crippen LogP contribution in [-0.2, 0) is 21.1 Å². The van der Waals surface area contributed by atoms with Gasteiger partial charge in [0.1, 0.15) is 12.4 Å². The quantitative estimate of drug-likeness (QED) is 0.438. The molecule has 1 saturated carbocycles. The van der Waals surface area contributed by atoms with E-state index >= 15 is 0 Å². The fraction of sp³-hybridized carbons (Fsp3) is 0.435. The van der Waals surface area contributed by atoms with Gasteiger partial charge >= 0.3 is 0 Å². The lowest BCUT2D eigenvalue weighted by atomic mass is 9.80. The summed E-state index contributed by atoms with van der Waals surface area (Å²) < 4.78 is 40.6. The van der Waals surface area contributed by atoms with Crippen molar-refractivity contribution in [2.24, 2.45) is 11.8 Å². The van der Waals surface area contributed by atoms with Crippen molar-refractivity contribution in [2.75, 3.05) is 18.1 Å². The highest BCUT2D eigenvalue weighted by molar-refractivity contribution is 7.99. The van der Waals surface area contributed by atoms with Gasteiger partial charge in [0.05, 0.1) is 16.7 Å². The van der Waals surface area contributed by atoms with E-state index in [9.17, 15) is 17.6 Å². The van der Waals surface area contributed by atoms with Crippen LogP contribution in [0.5, 0.6) is 0 Å². The number of sulfone groups is 1. The largest absolute Gasteiger partial charge is 0.343 e. The molecule has 0 spiro atoms. The summed E-state index contributed by atoms with van der Waals surface area (Å²) in [4.78, 5) is 16.9. The molecule has 1 aliphatic rings. The number of aryl methyl sites for hydroxylation is 1. The second-order valence-electron chi connectivity index (χ2n) is 7.82. The second kappa shape index (κ2) is 11.4. The Bertz CT molecular complexity index is 1070. The van der Waals surface area contributed by atoms with Crippen LogP contribution in [0.4, 0.5) is 4.39 Å². The van der Waals surface area contributed by atoms with Gasteiger partial charge in [0.2, 0.25) is 5.91 Å². The zero-order valence-corrected chi connectivity index (χ0v) is 19.3. The van der Waals surface area contributed by atoms with Gasteiger partial charge in [0.25, 0.3) is 0 Å². The molecule has 2 aromatic rings. The molecular weight excluding hydrogens is 449 g/mol. The number of carbonyl (C=O) groups is 1. The van der Waals surface area contributed by atoms with Crippen molar-refractivity contribution >= 4 is 27.5 Å². The Morgan fingerprint density at radius 3 is 2.78 bits per heavy atom. The summed E-state index contributed by atoms with van der Waals surface area (Å²) in [7, 11) is -3.75. The number of amides is 1. The number of aromatic nitrogens is 1. The van der Waals surface area contributed by atoms with Gasteiger partial charge in [-0.2, -0.15) is 5.26 Å². The van der Waals surface area contributed by atoms with Gasteiger partial charge in [-0.1, -0.05) is 18.9 Å². The third-order valence-electron chi connectivity index (χ3n) is 5.63. The van der Waals surface area contributed by atoms with Gasteiger partial charge in [-0.15, -0.1) is 11.8 Å². The van der Waals surface area contributed by atoms with Gasteiger partial charge in [-0.25, -0.2) is 12.8 Å². The van der Waals surface area contributed by atoms with Crippen molar-refractivity contribution in [1.29, 1.82) is 5.26 Å². The SMILES string of the molecule is N#CCNC(=O)C1CCCCC1CS(=O)(=O)c1ccc(SCCc2ccccn2)c(F)c1. The van der Waals surface area contributed by atoms with Crippen LogP contribution in [0, 0.1) is 29.0 Å². The Morgan fingerprint density at radius 1 is 1.25 bits per heavy atom. The molecule has 1 aliphatic carbocycles. The monoisotopic (exact) mass is 475 g/mol. The Balaban J connectivity index is 1.64. The van der Waals surface area contributed by atoms with Crippen molar-refractivity contribution in [1.82, 2.24) is 10.3 Å². The minimum Gasteiger partial charge on any atom is -0.343 e. The summed E-state index contributed by atoms with van der Waals surface area (Å²) in [6.07, 6.45) is 5.31. The standard InChI is InChI=1S/C23H26FN3O3S2/c24-21-15-19(8-9-22(21)31-14-10-18-6-3-4-12-26-18)32(29,30)16-17-5-1-2-7-20(17)23(28)27-13-11-25/h3-4,6,8-9,12,15,17,20H,1-2,5,7,10,13-14,16H2,(H,27,28). The maximum atomic E-state index is 14.6. The third-order valence-corrected chi connectivity index (χ3v) is 8.51. The van der Waals surface area contributed by atoms with Gasteiger partial charge in [0.15, 0.2) is 9.84 Å². The summed E-state index contributed by atoms with van der Waals surface area (Å²) in [5, 5.41) is 11.2. The number of thioether (sulfide) groups is 1. The maximum absolute atomic E-state index is 14.6. The molecule has 1 aromatic heterocycles. The van der Waals surface area contributed by atoms with Crippen LogP contribution in [0.1, 0.15) is 31.4 Å². The lowest BCUT2D eigenvalue weighted by Crippen LogP contribution is -2.39. The first-order valence-corrected chi connectivity index (χ1v) is 13.2. The molecule has 6 nitrogen and oxygen atoms in total. The van der Waals surface area contributed by atoms with Crippen LogP contribution in [0.3, 0.4) is 0 Å². The highest BCUT2D eigenvalue weighted by Crippen LogP contribution is 2.33. The van der Waals surface area contributed by atoms with Crippen LogP contribution in [-0.4, -0.2) is 37.4 Å². The molecule has 0 radical (unpaired) electrons. The lowest BCUT2D eigenvalue weighted by molar-refractivity contribution is -0.127. The van der Waals surface area contributed by atoms with E-state index in [1.807, 2.05) is 24.3 Å². The first-order valence-electron chi connectivity index (χ1n) is 10.6. The van der Waals surface area contributed by atoms with Gasteiger partial charge in [0, 0.05) is 28.5 Å². The van der Waals surface area contributed by atoms with E-state index in [1.54, 1.807) is 6.20 Å². The number of pyridine rings is 1. The molecule has 1 N–H and O–H groups in total. The van der Waals surface area contributed by atoms with Crippen LogP contribution in [0.25, 0.3) is 0 Å². The normalized spacial score (nSPS) is 18.6. The Kier molecular flexibility index (Phi) is 8.65. The Hall–Kier alpha value is -2.44. The summed E-state index contributed by atoms with van der Waals surface area (Å²) in [5.41, 5.74) is 0.917. The number of benzene rings is 1. The Morgan fingerprint density at radius 2 is 2.06 bits per heavy atom. The number of nitrogens with one attached hydrogen (secondary N) is 1. The number of nitrogens with zero attached hydrogens (tertiary/aromatic N) is 2. The molecule has 1 heterocycles. The van der Waals surface area contributed by atoms with E-state index in [0.29, 0.717) is 29.9 Å². The van der Waals surface area contributed by atoms with Crippen molar-refractivity contribution in [3.05, 3.63) is 54.1 Å². The second-order valence-corrected chi connectivity index (χ2v) is 11.0. The third kappa shape index (κ3) is 6.53. The topological polar surface area (TPSA) is 99.9 Å². The molecule has 0 saturated heterocycles. The van der Waals surface area contributed by atoms with Gasteiger partial charge in [-0.05, 0) is 55.5 Å². The average Bonchev–Trinajstić information content (AvgIpc) is 2.79. The van der Waals surface area contributed by atoms with Crippen molar-refractivity contribution < 1.29 is 17.6 Å². The van der Waals surface area contributed by atoms with Crippen LogP contribution in [0.2, 0.25) is 0 Å². The summed E-state index contributed by atoms with van der Waals surface area (Å²) in [6.45, 7) is -0.0977. The average molecular weight is 476 g/mol. The molecule has 2 unspecified atom stereocenters. The first-order chi connectivity index (χ1) is 15.4. The molecule has 32 heavy (non-hydrogen) atoms. The molecule has 1 amide bonds. The van der Waals surface area contributed by atoms with E-state index in [4.69, 9.17) is 5.26 Å². The zero-order valence-electron chi connectivity index (χ0n) is 17.7. The minimum absolute atomic E-state index is 0.0640.